The summed E-state index contributed by atoms with van der Waals surface area (Å²) in [5.74, 6) is -0.543. The highest BCUT2D eigenvalue weighted by Gasteiger charge is 2.39. The molecule has 1 fully saturated rings. The average Bonchev–Trinajstić information content (AvgIpc) is 2.33. The van der Waals surface area contributed by atoms with Crippen molar-refractivity contribution >= 4 is 11.6 Å². The Kier molecular flexibility index (Phi) is 3.43. The van der Waals surface area contributed by atoms with Crippen molar-refractivity contribution in [3.8, 4) is 0 Å². The highest BCUT2D eigenvalue weighted by atomic mass is 19.1. The van der Waals surface area contributed by atoms with E-state index in [1.165, 1.54) is 0 Å². The molecule has 1 heterocycles. The second-order valence-corrected chi connectivity index (χ2v) is 4.51. The molecule has 1 amide bonds. The van der Waals surface area contributed by atoms with Crippen LogP contribution in [-0.4, -0.2) is 24.7 Å². The van der Waals surface area contributed by atoms with Crippen molar-refractivity contribution in [2.24, 2.45) is 0 Å². The molecular formula is C13H17FN2O. The van der Waals surface area contributed by atoms with Crippen LogP contribution in [0.5, 0.6) is 0 Å². The zero-order valence-corrected chi connectivity index (χ0v) is 9.92. The third-order valence-electron chi connectivity index (χ3n) is 3.13. The number of halogens is 1. The molecule has 2 N–H and O–H groups in total. The Morgan fingerprint density at radius 1 is 1.47 bits per heavy atom. The second-order valence-electron chi connectivity index (χ2n) is 4.51. The van der Waals surface area contributed by atoms with Crippen LogP contribution < -0.4 is 10.6 Å². The lowest BCUT2D eigenvalue weighted by atomic mass is 9.95. The maximum absolute atomic E-state index is 14.3. The van der Waals surface area contributed by atoms with Crippen LogP contribution in [0.2, 0.25) is 0 Å². The molecule has 17 heavy (non-hydrogen) atoms. The number of amides is 1. The van der Waals surface area contributed by atoms with Crippen LogP contribution in [0.4, 0.5) is 10.1 Å². The van der Waals surface area contributed by atoms with Crippen LogP contribution in [0.1, 0.15) is 18.4 Å². The summed E-state index contributed by atoms with van der Waals surface area (Å²) >= 11 is 0. The molecule has 1 atom stereocenters. The van der Waals surface area contributed by atoms with Gasteiger partial charge in [0.05, 0.1) is 0 Å². The SMILES string of the molecule is Cc1ccccc1NC(=O)C1(F)CCCNC1. The fourth-order valence-corrected chi connectivity index (χ4v) is 2.01. The van der Waals surface area contributed by atoms with E-state index in [-0.39, 0.29) is 13.0 Å². The predicted molar refractivity (Wildman–Crippen MR) is 65.8 cm³/mol. The van der Waals surface area contributed by atoms with Gasteiger partial charge in [0.15, 0.2) is 0 Å². The van der Waals surface area contributed by atoms with Crippen LogP contribution in [0, 0.1) is 6.92 Å². The second kappa shape index (κ2) is 4.84. The summed E-state index contributed by atoms with van der Waals surface area (Å²) < 4.78 is 14.3. The molecule has 4 heteroatoms. The number of hydrogen-bond acceptors (Lipinski definition) is 2. The molecular weight excluding hydrogens is 219 g/mol. The normalized spacial score (nSPS) is 24.4. The minimum atomic E-state index is -1.78. The number of alkyl halides is 1. The number of piperidine rings is 1. The number of hydrogen-bond donors (Lipinski definition) is 2. The van der Waals surface area contributed by atoms with Gasteiger partial charge in [-0.15, -0.1) is 0 Å². The quantitative estimate of drug-likeness (QED) is 0.825. The Balaban J connectivity index is 2.08. The van der Waals surface area contributed by atoms with E-state index in [1.54, 1.807) is 6.07 Å². The van der Waals surface area contributed by atoms with Gasteiger partial charge < -0.3 is 10.6 Å². The first-order valence-corrected chi connectivity index (χ1v) is 5.88. The molecule has 1 aromatic carbocycles. The lowest BCUT2D eigenvalue weighted by molar-refractivity contribution is -0.128. The largest absolute Gasteiger partial charge is 0.323 e. The molecule has 0 saturated carbocycles. The van der Waals surface area contributed by atoms with Gasteiger partial charge in [-0.1, -0.05) is 18.2 Å². The summed E-state index contributed by atoms with van der Waals surface area (Å²) in [5, 5.41) is 5.59. The van der Waals surface area contributed by atoms with E-state index >= 15 is 0 Å². The van der Waals surface area contributed by atoms with Gasteiger partial charge in [0.2, 0.25) is 5.67 Å². The van der Waals surface area contributed by atoms with Gasteiger partial charge in [-0.3, -0.25) is 4.79 Å². The first kappa shape index (κ1) is 12.0. The number of nitrogens with one attached hydrogen (secondary N) is 2. The van der Waals surface area contributed by atoms with Gasteiger partial charge in [-0.05, 0) is 37.9 Å². The van der Waals surface area contributed by atoms with Crippen molar-refractivity contribution in [2.75, 3.05) is 18.4 Å². The molecule has 92 valence electrons. The van der Waals surface area contributed by atoms with Gasteiger partial charge in [0.1, 0.15) is 0 Å². The first-order valence-electron chi connectivity index (χ1n) is 5.88. The fraction of sp³-hybridized carbons (Fsp3) is 0.462. The van der Waals surface area contributed by atoms with Gasteiger partial charge in [0.25, 0.3) is 5.91 Å². The summed E-state index contributed by atoms with van der Waals surface area (Å²) in [5.41, 5.74) is -0.158. The third-order valence-corrected chi connectivity index (χ3v) is 3.13. The molecule has 1 aliphatic rings. The molecule has 0 aliphatic carbocycles. The van der Waals surface area contributed by atoms with Gasteiger partial charge in [-0.25, -0.2) is 4.39 Å². The topological polar surface area (TPSA) is 41.1 Å². The maximum Gasteiger partial charge on any atom is 0.263 e. The van der Waals surface area contributed by atoms with Crippen molar-refractivity contribution in [2.45, 2.75) is 25.4 Å². The highest BCUT2D eigenvalue weighted by molar-refractivity contribution is 5.98. The van der Waals surface area contributed by atoms with Crippen molar-refractivity contribution in [1.29, 1.82) is 0 Å². The molecule has 0 spiro atoms. The standard InChI is InChI=1S/C13H17FN2O/c1-10-5-2-3-6-11(10)16-12(17)13(14)7-4-8-15-9-13/h2-3,5-6,15H,4,7-9H2,1H3,(H,16,17). The molecule has 0 aromatic heterocycles. The molecule has 0 radical (unpaired) electrons. The monoisotopic (exact) mass is 236 g/mol. The number of para-hydroxylation sites is 1. The number of benzene rings is 1. The lowest BCUT2D eigenvalue weighted by Gasteiger charge is -2.28. The van der Waals surface area contributed by atoms with Crippen LogP contribution in [0.3, 0.4) is 0 Å². The predicted octanol–water partition coefficient (Wildman–Crippen LogP) is 2.03. The van der Waals surface area contributed by atoms with Gasteiger partial charge in [0, 0.05) is 12.2 Å². The van der Waals surface area contributed by atoms with Crippen LogP contribution in [-0.2, 0) is 4.79 Å². The van der Waals surface area contributed by atoms with Crippen molar-refractivity contribution in [3.05, 3.63) is 29.8 Å². The Morgan fingerprint density at radius 3 is 2.88 bits per heavy atom. The third kappa shape index (κ3) is 2.64. The Labute approximate surface area is 100 Å². The molecule has 1 saturated heterocycles. The van der Waals surface area contributed by atoms with E-state index in [9.17, 15) is 9.18 Å². The van der Waals surface area contributed by atoms with Gasteiger partial charge in [-0.2, -0.15) is 0 Å². The van der Waals surface area contributed by atoms with E-state index in [1.807, 2.05) is 25.1 Å². The summed E-state index contributed by atoms with van der Waals surface area (Å²) in [6.07, 6.45) is 0.982. The fourth-order valence-electron chi connectivity index (χ4n) is 2.01. The van der Waals surface area contributed by atoms with Crippen molar-refractivity contribution in [3.63, 3.8) is 0 Å². The molecule has 1 aromatic rings. The average molecular weight is 236 g/mol. The number of carbonyl (C=O) groups is 1. The van der Waals surface area contributed by atoms with Gasteiger partial charge >= 0.3 is 0 Å². The molecule has 1 unspecified atom stereocenters. The van der Waals surface area contributed by atoms with E-state index in [4.69, 9.17) is 0 Å². The minimum absolute atomic E-state index is 0.102. The van der Waals surface area contributed by atoms with E-state index in [2.05, 4.69) is 10.6 Å². The van der Waals surface area contributed by atoms with E-state index < -0.39 is 11.6 Å². The zero-order chi connectivity index (χ0) is 12.3. The Morgan fingerprint density at radius 2 is 2.24 bits per heavy atom. The molecule has 2 rings (SSSR count). The maximum atomic E-state index is 14.3. The number of carbonyl (C=O) groups excluding carboxylic acids is 1. The van der Waals surface area contributed by atoms with E-state index in [0.29, 0.717) is 12.1 Å². The van der Waals surface area contributed by atoms with Crippen molar-refractivity contribution in [1.82, 2.24) is 5.32 Å². The molecule has 3 nitrogen and oxygen atoms in total. The smallest absolute Gasteiger partial charge is 0.263 e. The number of rotatable bonds is 2. The zero-order valence-electron chi connectivity index (χ0n) is 9.92. The van der Waals surface area contributed by atoms with Crippen molar-refractivity contribution < 1.29 is 9.18 Å². The summed E-state index contributed by atoms with van der Waals surface area (Å²) in [6.45, 7) is 2.77. The molecule has 1 aliphatic heterocycles. The summed E-state index contributed by atoms with van der Waals surface area (Å²) in [6, 6.07) is 7.39. The number of anilines is 1. The van der Waals surface area contributed by atoms with Crippen LogP contribution >= 0.6 is 0 Å². The molecule has 0 bridgehead atoms. The first-order chi connectivity index (χ1) is 8.12. The minimum Gasteiger partial charge on any atom is -0.323 e. The van der Waals surface area contributed by atoms with Crippen LogP contribution in [0.25, 0.3) is 0 Å². The summed E-state index contributed by atoms with van der Waals surface area (Å²) in [7, 11) is 0. The van der Waals surface area contributed by atoms with Crippen LogP contribution in [0.15, 0.2) is 24.3 Å². The number of aryl methyl sites for hydroxylation is 1. The lowest BCUT2D eigenvalue weighted by Crippen LogP contribution is -2.50. The van der Waals surface area contributed by atoms with E-state index in [0.717, 1.165) is 12.1 Å². The Bertz CT molecular complexity index is 414. The summed E-state index contributed by atoms with van der Waals surface area (Å²) in [4.78, 5) is 11.9. The Hall–Kier alpha value is -1.42. The highest BCUT2D eigenvalue weighted by Crippen LogP contribution is 2.24.